The Kier molecular flexibility index (Phi) is 5.13. The highest BCUT2D eigenvalue weighted by atomic mass is 19.1. The molecule has 2 aliphatic rings. The Morgan fingerprint density at radius 1 is 1.22 bits per heavy atom. The van der Waals surface area contributed by atoms with Crippen LogP contribution >= 0.6 is 0 Å². The fourth-order valence-corrected chi connectivity index (χ4v) is 5.10. The molecule has 2 aliphatic heterocycles. The van der Waals surface area contributed by atoms with Crippen molar-refractivity contribution < 1.29 is 28.3 Å². The van der Waals surface area contributed by atoms with Crippen LogP contribution in [0.5, 0.6) is 0 Å². The van der Waals surface area contributed by atoms with E-state index in [-0.39, 0.29) is 17.7 Å². The van der Waals surface area contributed by atoms with Crippen LogP contribution in [0.25, 0.3) is 33.0 Å². The molecule has 0 saturated heterocycles. The molecule has 2 aromatic carbocycles. The fourth-order valence-electron chi connectivity index (χ4n) is 5.10. The summed E-state index contributed by atoms with van der Waals surface area (Å²) in [5.74, 6) is -0.993. The number of aliphatic hydroxyl groups is 1. The average molecular weight is 505 g/mol. The van der Waals surface area contributed by atoms with Crippen molar-refractivity contribution in [2.45, 2.75) is 45.7 Å². The summed E-state index contributed by atoms with van der Waals surface area (Å²) >= 11 is 0. The molecule has 0 aliphatic carbocycles. The molecule has 2 aromatic heterocycles. The number of amides is 2. The van der Waals surface area contributed by atoms with Gasteiger partial charge in [0, 0.05) is 41.2 Å². The van der Waals surface area contributed by atoms with Crippen LogP contribution in [0.4, 0.5) is 9.18 Å². The number of halogens is 1. The van der Waals surface area contributed by atoms with Crippen molar-refractivity contribution in [2.24, 2.45) is 0 Å². The maximum atomic E-state index is 14.9. The number of ether oxygens (including phenoxy) is 1. The lowest BCUT2D eigenvalue weighted by Gasteiger charge is -2.26. The minimum atomic E-state index is -1.31. The zero-order chi connectivity index (χ0) is 26.1. The number of fused-ring (bicyclic) bond motifs is 1. The van der Waals surface area contributed by atoms with Gasteiger partial charge in [0.1, 0.15) is 17.1 Å². The van der Waals surface area contributed by atoms with Crippen LogP contribution in [0.15, 0.2) is 47.1 Å². The summed E-state index contributed by atoms with van der Waals surface area (Å²) in [7, 11) is 0. The summed E-state index contributed by atoms with van der Waals surface area (Å²) < 4.78 is 27.8. The van der Waals surface area contributed by atoms with Gasteiger partial charge < -0.3 is 29.2 Å². The fraction of sp³-hybridized carbons (Fsp3) is 0.296. The minimum absolute atomic E-state index is 0.154. The second kappa shape index (κ2) is 8.17. The zero-order valence-corrected chi connectivity index (χ0v) is 20.5. The van der Waals surface area contributed by atoms with E-state index in [2.05, 4.69) is 10.5 Å². The molecule has 6 rings (SSSR count). The predicted molar refractivity (Wildman–Crippen MR) is 134 cm³/mol. The maximum Gasteiger partial charge on any atom is 0.410 e. The number of hydrogen-bond donors (Lipinski definition) is 2. The second-order valence-corrected chi connectivity index (χ2v) is 10.3. The van der Waals surface area contributed by atoms with Gasteiger partial charge in [0.25, 0.3) is 5.91 Å². The molecule has 9 nitrogen and oxygen atoms in total. The highest BCUT2D eigenvalue weighted by molar-refractivity contribution is 6.33. The first-order valence-corrected chi connectivity index (χ1v) is 12.0. The number of nitrogens with one attached hydrogen (secondary N) is 1. The van der Waals surface area contributed by atoms with Crippen molar-refractivity contribution in [1.82, 2.24) is 19.9 Å². The molecular weight excluding hydrogens is 479 g/mol. The van der Waals surface area contributed by atoms with Crippen LogP contribution in [0.3, 0.4) is 0 Å². The monoisotopic (exact) mass is 504 g/mol. The highest BCUT2D eigenvalue weighted by Gasteiger charge is 2.37. The molecule has 4 aromatic rings. The summed E-state index contributed by atoms with van der Waals surface area (Å²) in [4.78, 5) is 27.5. The van der Waals surface area contributed by atoms with Crippen LogP contribution in [0.2, 0.25) is 0 Å². The van der Waals surface area contributed by atoms with Crippen molar-refractivity contribution in [1.29, 1.82) is 0 Å². The Labute approximate surface area is 211 Å². The van der Waals surface area contributed by atoms with E-state index >= 15 is 0 Å². The zero-order valence-electron chi connectivity index (χ0n) is 20.5. The average Bonchev–Trinajstić information content (AvgIpc) is 3.43. The van der Waals surface area contributed by atoms with E-state index in [1.807, 2.05) is 10.6 Å². The third-order valence-corrected chi connectivity index (χ3v) is 6.58. The molecule has 4 heterocycles. The first kappa shape index (κ1) is 23.2. The van der Waals surface area contributed by atoms with Crippen molar-refractivity contribution in [3.8, 4) is 0 Å². The van der Waals surface area contributed by atoms with Crippen molar-refractivity contribution in [2.75, 3.05) is 6.54 Å². The number of para-hydroxylation sites is 1. The second-order valence-electron chi connectivity index (χ2n) is 10.3. The smallest absolute Gasteiger partial charge is 0.410 e. The molecule has 1 unspecified atom stereocenters. The molecule has 0 spiro atoms. The molecule has 2 N–H and O–H groups in total. The molecule has 37 heavy (non-hydrogen) atoms. The molecule has 0 fully saturated rings. The topological polar surface area (TPSA) is 110 Å². The number of rotatable bonds is 2. The molecule has 1 atom stereocenters. The van der Waals surface area contributed by atoms with E-state index in [1.54, 1.807) is 50.1 Å². The van der Waals surface area contributed by atoms with Gasteiger partial charge in [-0.15, -0.1) is 0 Å². The van der Waals surface area contributed by atoms with Crippen molar-refractivity contribution in [3.05, 3.63) is 65.2 Å². The van der Waals surface area contributed by atoms with Crippen molar-refractivity contribution in [3.63, 3.8) is 0 Å². The van der Waals surface area contributed by atoms with E-state index in [0.717, 1.165) is 0 Å². The van der Waals surface area contributed by atoms with Crippen LogP contribution in [0.1, 0.15) is 37.6 Å². The Hall–Kier alpha value is -4.18. The minimum Gasteiger partial charge on any atom is -0.444 e. The van der Waals surface area contributed by atoms with Crippen LogP contribution in [-0.4, -0.2) is 50.1 Å². The molecule has 190 valence electrons. The molecule has 0 saturated carbocycles. The lowest BCUT2D eigenvalue weighted by molar-refractivity contribution is -0.116. The normalized spacial score (nSPS) is 18.0. The summed E-state index contributed by atoms with van der Waals surface area (Å²) in [5.41, 5.74) is 2.46. The number of carbonyl (C=O) groups excluding carboxylic acids is 2. The first-order valence-electron chi connectivity index (χ1n) is 12.0. The van der Waals surface area contributed by atoms with E-state index in [9.17, 15) is 19.1 Å². The summed E-state index contributed by atoms with van der Waals surface area (Å²) in [6.07, 6.45) is -0.0170. The third-order valence-electron chi connectivity index (χ3n) is 6.58. The Bertz CT molecular complexity index is 1630. The molecular formula is C27H25FN4O5. The lowest BCUT2D eigenvalue weighted by atomic mass is 9.96. The maximum absolute atomic E-state index is 14.9. The van der Waals surface area contributed by atoms with E-state index in [0.29, 0.717) is 51.8 Å². The summed E-state index contributed by atoms with van der Waals surface area (Å²) in [6, 6.07) is 9.94. The number of aromatic nitrogens is 2. The van der Waals surface area contributed by atoms with E-state index in [1.165, 1.54) is 12.1 Å². The van der Waals surface area contributed by atoms with Gasteiger partial charge in [-0.25, -0.2) is 9.18 Å². The molecule has 0 radical (unpaired) electrons. The van der Waals surface area contributed by atoms with Gasteiger partial charge in [-0.2, -0.15) is 0 Å². The van der Waals surface area contributed by atoms with E-state index < -0.39 is 29.6 Å². The summed E-state index contributed by atoms with van der Waals surface area (Å²) in [6.45, 7) is 6.29. The Morgan fingerprint density at radius 2 is 2.00 bits per heavy atom. The van der Waals surface area contributed by atoms with Gasteiger partial charge in [0.2, 0.25) is 0 Å². The number of carbonyl (C=O) groups is 2. The van der Waals surface area contributed by atoms with Crippen molar-refractivity contribution >= 4 is 45.0 Å². The number of aliphatic hydroxyl groups excluding tert-OH is 1. The highest BCUT2D eigenvalue weighted by Crippen LogP contribution is 2.40. The first-order chi connectivity index (χ1) is 17.6. The van der Waals surface area contributed by atoms with Crippen LogP contribution in [-0.2, 0) is 22.6 Å². The third kappa shape index (κ3) is 3.84. The molecule has 10 heteroatoms. The number of hydrogen-bond acceptors (Lipinski definition) is 6. The van der Waals surface area contributed by atoms with Crippen LogP contribution in [0, 0.1) is 5.82 Å². The Morgan fingerprint density at radius 3 is 2.78 bits per heavy atom. The van der Waals surface area contributed by atoms with Gasteiger partial charge in [0.15, 0.2) is 11.8 Å². The largest absolute Gasteiger partial charge is 0.444 e. The quantitative estimate of drug-likeness (QED) is 0.427. The molecule has 2 amide bonds. The molecule has 0 bridgehead atoms. The van der Waals surface area contributed by atoms with Gasteiger partial charge >= 0.3 is 6.09 Å². The summed E-state index contributed by atoms with van der Waals surface area (Å²) in [5, 5.41) is 18.6. The standard InChI is InChI=1S/C27H25FN4O5/c1-27(2,3)36-26(35)32-9-8-31-13-18(17-11-15(28)10-14(12-32)23(17)31)20-21(25(34)29-24(20)33)22-16-6-4-5-7-19(16)37-30-22/h4-7,10-11,13,25,34H,8-9,12H2,1-3H3,(H,29,33). The number of benzene rings is 2. The number of nitrogens with zero attached hydrogens (tertiary/aromatic N) is 3. The van der Waals surface area contributed by atoms with Gasteiger partial charge in [0.05, 0.1) is 17.6 Å². The van der Waals surface area contributed by atoms with Crippen LogP contribution < -0.4 is 5.32 Å². The Balaban J connectivity index is 1.52. The van der Waals surface area contributed by atoms with Gasteiger partial charge in [-0.1, -0.05) is 17.3 Å². The SMILES string of the molecule is CC(C)(C)OC(=O)N1CCn2cc(C3=C(c4noc5ccccc45)C(O)NC3=O)c3cc(F)cc(c32)C1. The van der Waals surface area contributed by atoms with Gasteiger partial charge in [-0.3, -0.25) is 4.79 Å². The van der Waals surface area contributed by atoms with Gasteiger partial charge in [-0.05, 0) is 50.6 Å². The predicted octanol–water partition coefficient (Wildman–Crippen LogP) is 4.03. The lowest BCUT2D eigenvalue weighted by Crippen LogP contribution is -2.37. The van der Waals surface area contributed by atoms with E-state index in [4.69, 9.17) is 9.26 Å².